The minimum Gasteiger partial charge on any atom is -0.353 e. The van der Waals surface area contributed by atoms with Crippen molar-refractivity contribution >= 4 is 23.4 Å². The molecule has 6 heteroatoms. The largest absolute Gasteiger partial charge is 0.353 e. The number of hydrogen-bond acceptors (Lipinski definition) is 3. The molecule has 184 valence electrons. The highest BCUT2D eigenvalue weighted by atomic mass is 35.5. The van der Waals surface area contributed by atoms with Crippen molar-refractivity contribution in [2.45, 2.75) is 76.9 Å². The molecule has 0 unspecified atom stereocenters. The molecule has 2 aromatic rings. The molecule has 0 radical (unpaired) electrons. The summed E-state index contributed by atoms with van der Waals surface area (Å²) < 4.78 is 0. The van der Waals surface area contributed by atoms with E-state index >= 15 is 0 Å². The second-order valence-corrected chi connectivity index (χ2v) is 10.3. The van der Waals surface area contributed by atoms with Crippen LogP contribution in [0.15, 0.2) is 42.5 Å². The van der Waals surface area contributed by atoms with Crippen LogP contribution in [0, 0.1) is 13.8 Å². The van der Waals surface area contributed by atoms with Gasteiger partial charge < -0.3 is 15.5 Å². The third-order valence-corrected chi connectivity index (χ3v) is 7.59. The highest BCUT2D eigenvalue weighted by molar-refractivity contribution is 6.31. The van der Waals surface area contributed by atoms with E-state index in [0.29, 0.717) is 11.6 Å². The zero-order valence-electron chi connectivity index (χ0n) is 20.9. The number of carbonyl (C=O) groups excluding carboxylic acids is 2. The fourth-order valence-corrected chi connectivity index (χ4v) is 5.26. The Bertz CT molecular complexity index is 977. The third kappa shape index (κ3) is 7.07. The number of nitrogens with zero attached hydrogens (tertiary/aromatic N) is 1. The molecule has 34 heavy (non-hydrogen) atoms. The van der Waals surface area contributed by atoms with E-state index in [9.17, 15) is 9.59 Å². The van der Waals surface area contributed by atoms with Crippen LogP contribution in [0.1, 0.15) is 60.8 Å². The number of benzene rings is 2. The van der Waals surface area contributed by atoms with Gasteiger partial charge in [-0.05, 0) is 82.8 Å². The molecule has 3 rings (SSSR count). The van der Waals surface area contributed by atoms with Crippen LogP contribution in [0.4, 0.5) is 0 Å². The highest BCUT2D eigenvalue weighted by Crippen LogP contribution is 2.35. The Labute approximate surface area is 209 Å². The highest BCUT2D eigenvalue weighted by Gasteiger charge is 2.37. The second kappa shape index (κ2) is 11.9. The number of halogens is 1. The average Bonchev–Trinajstić information content (AvgIpc) is 2.78. The van der Waals surface area contributed by atoms with Crippen molar-refractivity contribution in [3.8, 4) is 0 Å². The number of likely N-dealkylation sites (N-methyl/N-ethyl adjacent to an activating group) is 1. The lowest BCUT2D eigenvalue weighted by Crippen LogP contribution is -2.52. The fourth-order valence-electron chi connectivity index (χ4n) is 4.98. The normalized spacial score (nSPS) is 20.2. The number of carbonyl (C=O) groups is 2. The molecule has 0 aromatic heterocycles. The van der Waals surface area contributed by atoms with Gasteiger partial charge in [0.1, 0.15) is 0 Å². The number of amides is 2. The molecule has 0 atom stereocenters. The molecule has 1 aliphatic carbocycles. The zero-order valence-corrected chi connectivity index (χ0v) is 21.7. The van der Waals surface area contributed by atoms with Crippen molar-refractivity contribution in [3.63, 3.8) is 0 Å². The molecule has 0 bridgehead atoms. The van der Waals surface area contributed by atoms with Gasteiger partial charge in [-0.1, -0.05) is 53.6 Å². The van der Waals surface area contributed by atoms with Crippen LogP contribution in [0.5, 0.6) is 0 Å². The summed E-state index contributed by atoms with van der Waals surface area (Å²) in [7, 11) is 4.33. The fraction of sp³-hybridized carbons (Fsp3) is 0.500. The molecule has 5 nitrogen and oxygen atoms in total. The van der Waals surface area contributed by atoms with Gasteiger partial charge in [-0.2, -0.15) is 0 Å². The summed E-state index contributed by atoms with van der Waals surface area (Å²) in [6.45, 7) is 4.48. The lowest BCUT2D eigenvalue weighted by atomic mass is 9.74. The third-order valence-electron chi connectivity index (χ3n) is 7.24. The lowest BCUT2D eigenvalue weighted by Gasteiger charge is -2.45. The van der Waals surface area contributed by atoms with Crippen LogP contribution in [-0.4, -0.2) is 42.4 Å². The average molecular weight is 484 g/mol. The molecular formula is C28H38ClN3O2. The van der Waals surface area contributed by atoms with E-state index in [1.807, 2.05) is 25.1 Å². The van der Waals surface area contributed by atoms with Crippen LogP contribution in [-0.2, 0) is 22.6 Å². The van der Waals surface area contributed by atoms with E-state index in [4.69, 9.17) is 11.6 Å². The summed E-state index contributed by atoms with van der Waals surface area (Å²) in [6, 6.07) is 14.6. The van der Waals surface area contributed by atoms with Crippen molar-refractivity contribution < 1.29 is 9.59 Å². The molecule has 2 N–H and O–H groups in total. The van der Waals surface area contributed by atoms with E-state index in [1.165, 1.54) is 11.1 Å². The van der Waals surface area contributed by atoms with Gasteiger partial charge in [0.25, 0.3) is 0 Å². The Balaban J connectivity index is 1.43. The van der Waals surface area contributed by atoms with Crippen LogP contribution in [0.2, 0.25) is 5.02 Å². The maximum absolute atomic E-state index is 12.5. The van der Waals surface area contributed by atoms with Crippen LogP contribution >= 0.6 is 11.6 Å². The maximum atomic E-state index is 12.5. The SMILES string of the molecule is Cc1cccc(CC2(N(C)C)CCC(NC(=O)CCC(=O)NCc3c(C)cccc3Cl)CC2)c1. The van der Waals surface area contributed by atoms with E-state index < -0.39 is 0 Å². The van der Waals surface area contributed by atoms with E-state index in [-0.39, 0.29) is 36.2 Å². The van der Waals surface area contributed by atoms with Gasteiger partial charge in [0.05, 0.1) is 0 Å². The molecule has 1 aliphatic rings. The van der Waals surface area contributed by atoms with Crippen molar-refractivity contribution in [1.82, 2.24) is 15.5 Å². The van der Waals surface area contributed by atoms with Gasteiger partial charge >= 0.3 is 0 Å². The smallest absolute Gasteiger partial charge is 0.220 e. The number of rotatable bonds is 9. The standard InChI is InChI=1S/C28H38ClN3O2/c1-20-7-5-9-22(17-20)18-28(32(3)4)15-13-23(14-16-28)31-27(34)12-11-26(33)30-19-24-21(2)8-6-10-25(24)29/h5-10,17,23H,11-16,18-19H2,1-4H3,(H,30,33)(H,31,34). The minimum atomic E-state index is -0.136. The van der Waals surface area contributed by atoms with Gasteiger partial charge in [-0.15, -0.1) is 0 Å². The zero-order chi connectivity index (χ0) is 24.7. The van der Waals surface area contributed by atoms with Gasteiger partial charge in [-0.3, -0.25) is 9.59 Å². The molecule has 0 heterocycles. The van der Waals surface area contributed by atoms with Crippen molar-refractivity contribution in [2.24, 2.45) is 0 Å². The van der Waals surface area contributed by atoms with Crippen LogP contribution in [0.3, 0.4) is 0 Å². The van der Waals surface area contributed by atoms with Gasteiger partial charge in [0.15, 0.2) is 0 Å². The minimum absolute atomic E-state index is 0.0508. The summed E-state index contributed by atoms with van der Waals surface area (Å²) >= 11 is 6.22. The summed E-state index contributed by atoms with van der Waals surface area (Å²) in [6.07, 6.45) is 5.38. The van der Waals surface area contributed by atoms with Crippen molar-refractivity contribution in [3.05, 3.63) is 69.7 Å². The van der Waals surface area contributed by atoms with E-state index in [0.717, 1.165) is 43.2 Å². The predicted molar refractivity (Wildman–Crippen MR) is 139 cm³/mol. The molecule has 2 aromatic carbocycles. The summed E-state index contributed by atoms with van der Waals surface area (Å²) in [5, 5.41) is 6.68. The Morgan fingerprint density at radius 1 is 1.03 bits per heavy atom. The Morgan fingerprint density at radius 2 is 1.71 bits per heavy atom. The van der Waals surface area contributed by atoms with Gasteiger partial charge in [-0.25, -0.2) is 0 Å². The monoisotopic (exact) mass is 483 g/mol. The van der Waals surface area contributed by atoms with Gasteiger partial charge in [0.2, 0.25) is 11.8 Å². The van der Waals surface area contributed by atoms with E-state index in [2.05, 4.69) is 60.8 Å². The summed E-state index contributed by atoms with van der Waals surface area (Å²) in [4.78, 5) is 27.1. The van der Waals surface area contributed by atoms with Crippen molar-refractivity contribution in [2.75, 3.05) is 14.1 Å². The Hall–Kier alpha value is -2.37. The molecule has 0 aliphatic heterocycles. The Morgan fingerprint density at radius 3 is 2.35 bits per heavy atom. The number of nitrogens with one attached hydrogen (secondary N) is 2. The number of hydrogen-bond donors (Lipinski definition) is 2. The molecule has 0 spiro atoms. The molecular weight excluding hydrogens is 446 g/mol. The maximum Gasteiger partial charge on any atom is 0.220 e. The quantitative estimate of drug-likeness (QED) is 0.530. The second-order valence-electron chi connectivity index (χ2n) is 9.94. The topological polar surface area (TPSA) is 61.4 Å². The first kappa shape index (κ1) is 26.2. The van der Waals surface area contributed by atoms with Gasteiger partial charge in [0, 0.05) is 36.0 Å². The molecule has 2 amide bonds. The first-order valence-corrected chi connectivity index (χ1v) is 12.6. The van der Waals surface area contributed by atoms with Crippen molar-refractivity contribution in [1.29, 1.82) is 0 Å². The first-order chi connectivity index (χ1) is 16.2. The lowest BCUT2D eigenvalue weighted by molar-refractivity contribution is -0.127. The molecule has 1 saturated carbocycles. The molecule has 0 saturated heterocycles. The van der Waals surface area contributed by atoms with E-state index in [1.54, 1.807) is 0 Å². The van der Waals surface area contributed by atoms with Crippen LogP contribution in [0.25, 0.3) is 0 Å². The summed E-state index contributed by atoms with van der Waals surface area (Å²) in [5.41, 5.74) is 4.73. The Kier molecular flexibility index (Phi) is 9.15. The van der Waals surface area contributed by atoms with Crippen LogP contribution < -0.4 is 10.6 Å². The molecule has 1 fully saturated rings. The first-order valence-electron chi connectivity index (χ1n) is 12.2. The summed E-state index contributed by atoms with van der Waals surface area (Å²) in [5.74, 6) is -0.187. The predicted octanol–water partition coefficient (Wildman–Crippen LogP) is 4.96. The number of aryl methyl sites for hydroxylation is 2.